The van der Waals surface area contributed by atoms with Crippen molar-refractivity contribution >= 4 is 23.1 Å². The van der Waals surface area contributed by atoms with Gasteiger partial charge in [-0.05, 0) is 32.1 Å². The van der Waals surface area contributed by atoms with Crippen LogP contribution in [0.3, 0.4) is 0 Å². The van der Waals surface area contributed by atoms with Crippen molar-refractivity contribution in [2.75, 3.05) is 0 Å². The van der Waals surface area contributed by atoms with E-state index in [9.17, 15) is 0 Å². The van der Waals surface area contributed by atoms with Gasteiger partial charge in [0.25, 0.3) is 0 Å². The van der Waals surface area contributed by atoms with Crippen molar-refractivity contribution in [1.29, 1.82) is 0 Å². The van der Waals surface area contributed by atoms with Crippen molar-refractivity contribution in [3.05, 3.63) is 31.7 Å². The minimum atomic E-state index is 0. The molecule has 2 unspecified atom stereocenters. The van der Waals surface area contributed by atoms with Gasteiger partial charge in [0.1, 0.15) is 0 Å². The Labute approximate surface area is 118 Å². The van der Waals surface area contributed by atoms with Crippen LogP contribution in [0.1, 0.15) is 39.5 Å². The van der Waals surface area contributed by atoms with Gasteiger partial charge in [0, 0.05) is 0 Å². The van der Waals surface area contributed by atoms with Crippen LogP contribution in [0.5, 0.6) is 0 Å². The van der Waals surface area contributed by atoms with Crippen LogP contribution in [0.2, 0.25) is 0 Å². The molecule has 0 aromatic carbocycles. The van der Waals surface area contributed by atoms with E-state index in [4.69, 9.17) is 0 Å². The summed E-state index contributed by atoms with van der Waals surface area (Å²) in [6, 6.07) is 0. The quantitative estimate of drug-likeness (QED) is 0.353. The zero-order valence-electron chi connectivity index (χ0n) is 10.3. The molecule has 2 atom stereocenters. The van der Waals surface area contributed by atoms with Gasteiger partial charge >= 0.3 is 23.1 Å². The minimum Gasteiger partial charge on any atom is -1.00 e. The first-order valence-electron chi connectivity index (χ1n) is 5.17. The van der Waals surface area contributed by atoms with Gasteiger partial charge in [-0.15, -0.1) is 6.58 Å². The maximum Gasteiger partial charge on any atom is 2.00 e. The average Bonchev–Trinajstić information content (AvgIpc) is 2.03. The Morgan fingerprint density at radius 2 is 1.87 bits per heavy atom. The van der Waals surface area contributed by atoms with Gasteiger partial charge in [-0.2, -0.15) is 5.92 Å². The fraction of sp³-hybridized carbons (Fsp3) is 0.615. The summed E-state index contributed by atoms with van der Waals surface area (Å²) in [4.78, 5) is 0. The van der Waals surface area contributed by atoms with Crippen molar-refractivity contribution in [3.63, 3.8) is 0 Å². The number of allylic oxidation sites excluding steroid dienone is 2. The fourth-order valence-corrected chi connectivity index (χ4v) is 1.44. The molecule has 0 aliphatic carbocycles. The molecule has 0 N–H and O–H groups in total. The van der Waals surface area contributed by atoms with Gasteiger partial charge in [0.15, 0.2) is 0 Å². The Bertz CT molecular complexity index is 164. The topological polar surface area (TPSA) is 0 Å². The third-order valence-corrected chi connectivity index (χ3v) is 2.42. The third-order valence-electron chi connectivity index (χ3n) is 2.42. The maximum atomic E-state index is 4.03. The fourth-order valence-electron chi connectivity index (χ4n) is 1.44. The molecule has 0 aliphatic heterocycles. The molecular weight excluding hydrogens is 216 g/mol. The second-order valence-electron chi connectivity index (χ2n) is 4.09. The SMILES string of the molecule is C=CCCC(CCC([CH2-])C)C(=C)C.[Cl-].[Mg+2]. The van der Waals surface area contributed by atoms with E-state index in [0.717, 1.165) is 6.42 Å². The summed E-state index contributed by atoms with van der Waals surface area (Å²) in [7, 11) is 0. The van der Waals surface area contributed by atoms with Crippen LogP contribution in [-0.4, -0.2) is 23.1 Å². The van der Waals surface area contributed by atoms with E-state index in [1.54, 1.807) is 0 Å². The molecular formula is C13H23ClMg. The van der Waals surface area contributed by atoms with Crippen molar-refractivity contribution in [1.82, 2.24) is 0 Å². The van der Waals surface area contributed by atoms with Crippen molar-refractivity contribution in [3.8, 4) is 0 Å². The molecule has 0 nitrogen and oxygen atoms in total. The molecule has 15 heavy (non-hydrogen) atoms. The van der Waals surface area contributed by atoms with E-state index in [-0.39, 0.29) is 35.5 Å². The first-order valence-corrected chi connectivity index (χ1v) is 5.17. The van der Waals surface area contributed by atoms with Crippen LogP contribution in [0.25, 0.3) is 0 Å². The zero-order valence-corrected chi connectivity index (χ0v) is 12.4. The Kier molecular flexibility index (Phi) is 17.6. The first kappa shape index (κ1) is 20.9. The van der Waals surface area contributed by atoms with Gasteiger partial charge < -0.3 is 19.3 Å². The number of rotatable bonds is 7. The summed E-state index contributed by atoms with van der Waals surface area (Å²) in [5.74, 6) is 1.23. The predicted octanol–water partition coefficient (Wildman–Crippen LogP) is 1.02. The molecule has 2 heteroatoms. The monoisotopic (exact) mass is 238 g/mol. The molecule has 0 bridgehead atoms. The van der Waals surface area contributed by atoms with Crippen molar-refractivity contribution in [2.24, 2.45) is 11.8 Å². The summed E-state index contributed by atoms with van der Waals surface area (Å²) >= 11 is 0. The van der Waals surface area contributed by atoms with E-state index >= 15 is 0 Å². The molecule has 0 aromatic rings. The molecule has 0 aliphatic rings. The number of hydrogen-bond donors (Lipinski definition) is 0. The standard InChI is InChI=1S/C13H23.ClH.Mg/c1-6-7-8-13(12(4)5)10-9-11(2)3;;/h6,11,13H,1-2,4,7-10H2,3,5H3;1H;/q-1;;+2/p-1. The first-order chi connectivity index (χ1) is 6.07. The summed E-state index contributed by atoms with van der Waals surface area (Å²) in [6.07, 6.45) is 6.72. The smallest absolute Gasteiger partial charge is 1.00 e. The summed E-state index contributed by atoms with van der Waals surface area (Å²) in [6.45, 7) is 16.1. The molecule has 0 heterocycles. The molecule has 0 aromatic heterocycles. The molecule has 0 saturated carbocycles. The van der Waals surface area contributed by atoms with Gasteiger partial charge in [0.05, 0.1) is 0 Å². The second kappa shape index (κ2) is 12.6. The predicted molar refractivity (Wildman–Crippen MR) is 67.2 cm³/mol. The largest absolute Gasteiger partial charge is 2.00 e. The van der Waals surface area contributed by atoms with E-state index in [1.165, 1.54) is 24.8 Å². The number of halogens is 1. The molecule has 84 valence electrons. The molecule has 0 rings (SSSR count). The molecule has 0 amide bonds. The van der Waals surface area contributed by atoms with E-state index in [2.05, 4.69) is 33.9 Å². The average molecular weight is 239 g/mol. The van der Waals surface area contributed by atoms with E-state index < -0.39 is 0 Å². The van der Waals surface area contributed by atoms with Gasteiger partial charge in [-0.25, -0.2) is 0 Å². The maximum absolute atomic E-state index is 4.03. The van der Waals surface area contributed by atoms with Crippen LogP contribution in [0.15, 0.2) is 24.8 Å². The van der Waals surface area contributed by atoms with Crippen LogP contribution < -0.4 is 12.4 Å². The Hall–Kier alpha value is 0.536. The van der Waals surface area contributed by atoms with Crippen LogP contribution >= 0.6 is 0 Å². The Balaban J connectivity index is -0.000000720. The summed E-state index contributed by atoms with van der Waals surface area (Å²) in [5, 5.41) is 0. The van der Waals surface area contributed by atoms with Gasteiger partial charge in [0.2, 0.25) is 0 Å². The van der Waals surface area contributed by atoms with Crippen molar-refractivity contribution in [2.45, 2.75) is 39.5 Å². The Morgan fingerprint density at radius 3 is 2.20 bits per heavy atom. The van der Waals surface area contributed by atoms with E-state index in [0.29, 0.717) is 11.8 Å². The number of hydrogen-bond acceptors (Lipinski definition) is 0. The van der Waals surface area contributed by atoms with Crippen LogP contribution in [0, 0.1) is 18.8 Å². The van der Waals surface area contributed by atoms with Gasteiger partial charge in [-0.1, -0.05) is 31.6 Å². The molecule has 0 radical (unpaired) electrons. The molecule has 0 spiro atoms. The van der Waals surface area contributed by atoms with Crippen molar-refractivity contribution < 1.29 is 12.4 Å². The minimum absolute atomic E-state index is 0. The van der Waals surface area contributed by atoms with Gasteiger partial charge in [-0.3, -0.25) is 0 Å². The summed E-state index contributed by atoms with van der Waals surface area (Å²) < 4.78 is 0. The summed E-state index contributed by atoms with van der Waals surface area (Å²) in [5.41, 5.74) is 1.31. The molecule has 0 saturated heterocycles. The Morgan fingerprint density at radius 1 is 1.33 bits per heavy atom. The van der Waals surface area contributed by atoms with E-state index in [1.807, 2.05) is 6.08 Å². The van der Waals surface area contributed by atoms with Crippen LogP contribution in [-0.2, 0) is 0 Å². The second-order valence-corrected chi connectivity index (χ2v) is 4.09. The molecule has 0 fully saturated rings. The zero-order chi connectivity index (χ0) is 10.3. The third kappa shape index (κ3) is 12.5. The normalized spacial score (nSPS) is 13.0. The van der Waals surface area contributed by atoms with Crippen LogP contribution in [0.4, 0.5) is 0 Å².